The van der Waals surface area contributed by atoms with Gasteiger partial charge in [-0.2, -0.15) is 0 Å². The second-order valence-corrected chi connectivity index (χ2v) is 5.18. The first-order valence-corrected chi connectivity index (χ1v) is 6.39. The molecule has 2 aliphatic rings. The van der Waals surface area contributed by atoms with E-state index in [-0.39, 0.29) is 5.91 Å². The molecular weight excluding hydrogens is 228 g/mol. The number of nitrogens with one attached hydrogen (secondary N) is 2. The number of carbonyl (C=O) groups is 1. The fraction of sp³-hybridized carbons (Fsp3) is 0.500. The van der Waals surface area contributed by atoms with Gasteiger partial charge in [-0.1, -0.05) is 0 Å². The van der Waals surface area contributed by atoms with Crippen LogP contribution in [0.5, 0.6) is 5.75 Å². The highest BCUT2D eigenvalue weighted by Crippen LogP contribution is 2.45. The zero-order valence-electron chi connectivity index (χ0n) is 10.8. The lowest BCUT2D eigenvalue weighted by Crippen LogP contribution is -2.47. The van der Waals surface area contributed by atoms with Gasteiger partial charge in [-0.3, -0.25) is 4.79 Å². The third-order valence-electron chi connectivity index (χ3n) is 4.12. The largest absolute Gasteiger partial charge is 0.497 e. The number of ether oxygens (including phenoxy) is 1. The van der Waals surface area contributed by atoms with Gasteiger partial charge in [-0.15, -0.1) is 0 Å². The molecule has 1 amide bonds. The number of benzene rings is 1. The molecule has 0 aromatic heterocycles. The van der Waals surface area contributed by atoms with Crippen molar-refractivity contribution >= 4 is 11.6 Å². The summed E-state index contributed by atoms with van der Waals surface area (Å²) in [7, 11) is 1.66. The van der Waals surface area contributed by atoms with Gasteiger partial charge in [0.2, 0.25) is 5.91 Å². The highest BCUT2D eigenvalue weighted by molar-refractivity contribution is 6.07. The third-order valence-corrected chi connectivity index (χ3v) is 4.12. The van der Waals surface area contributed by atoms with Gasteiger partial charge in [0, 0.05) is 12.2 Å². The molecule has 1 fully saturated rings. The molecule has 96 valence electrons. The van der Waals surface area contributed by atoms with Gasteiger partial charge in [-0.25, -0.2) is 0 Å². The molecule has 0 saturated carbocycles. The summed E-state index contributed by atoms with van der Waals surface area (Å²) in [5, 5.41) is 6.39. The molecule has 1 saturated heterocycles. The van der Waals surface area contributed by atoms with Crippen molar-refractivity contribution < 1.29 is 9.53 Å². The van der Waals surface area contributed by atoms with E-state index < -0.39 is 5.41 Å². The Morgan fingerprint density at radius 3 is 2.89 bits per heavy atom. The fourth-order valence-electron chi connectivity index (χ4n) is 3.10. The summed E-state index contributed by atoms with van der Waals surface area (Å²) in [6.45, 7) is 3.72. The summed E-state index contributed by atoms with van der Waals surface area (Å²) < 4.78 is 5.33. The molecule has 4 heteroatoms. The van der Waals surface area contributed by atoms with Crippen molar-refractivity contribution in [3.63, 3.8) is 0 Å². The van der Waals surface area contributed by atoms with Crippen molar-refractivity contribution in [2.24, 2.45) is 0 Å². The van der Waals surface area contributed by atoms with E-state index >= 15 is 0 Å². The quantitative estimate of drug-likeness (QED) is 0.791. The van der Waals surface area contributed by atoms with Gasteiger partial charge in [0.25, 0.3) is 0 Å². The molecule has 0 aliphatic carbocycles. The van der Waals surface area contributed by atoms with Gasteiger partial charge in [0.05, 0.1) is 12.5 Å². The highest BCUT2D eigenvalue weighted by Gasteiger charge is 2.48. The van der Waals surface area contributed by atoms with Crippen LogP contribution in [0.15, 0.2) is 12.1 Å². The molecule has 1 spiro atoms. The molecule has 2 aliphatic heterocycles. The summed E-state index contributed by atoms with van der Waals surface area (Å²) in [4.78, 5) is 12.4. The molecule has 18 heavy (non-hydrogen) atoms. The highest BCUT2D eigenvalue weighted by atomic mass is 16.5. The summed E-state index contributed by atoms with van der Waals surface area (Å²) >= 11 is 0. The lowest BCUT2D eigenvalue weighted by Gasteiger charge is -2.32. The van der Waals surface area contributed by atoms with E-state index in [1.807, 2.05) is 19.1 Å². The number of piperidine rings is 1. The molecule has 0 radical (unpaired) electrons. The minimum absolute atomic E-state index is 0.126. The average Bonchev–Trinajstić information content (AvgIpc) is 2.65. The Bertz CT molecular complexity index is 505. The van der Waals surface area contributed by atoms with E-state index in [1.165, 1.54) is 0 Å². The molecule has 0 bridgehead atoms. The molecule has 2 N–H and O–H groups in total. The van der Waals surface area contributed by atoms with Crippen molar-refractivity contribution in [2.75, 3.05) is 25.5 Å². The topological polar surface area (TPSA) is 50.4 Å². The van der Waals surface area contributed by atoms with Crippen LogP contribution in [0.25, 0.3) is 0 Å². The van der Waals surface area contributed by atoms with E-state index in [2.05, 4.69) is 10.6 Å². The smallest absolute Gasteiger partial charge is 0.236 e. The number of hydrogen-bond acceptors (Lipinski definition) is 3. The molecule has 1 aromatic carbocycles. The summed E-state index contributed by atoms with van der Waals surface area (Å²) in [6, 6.07) is 3.97. The van der Waals surface area contributed by atoms with Crippen LogP contribution in [0.1, 0.15) is 24.0 Å². The molecular formula is C14H18N2O2. The Morgan fingerprint density at radius 1 is 1.39 bits per heavy atom. The van der Waals surface area contributed by atoms with Crippen LogP contribution in [-0.2, 0) is 10.2 Å². The number of carbonyl (C=O) groups excluding carboxylic acids is 1. The second kappa shape index (κ2) is 3.99. The standard InChI is InChI=1S/C14H18N2O2/c1-9-6-10(18-2)7-11-12(9)16-13(17)14(11)4-3-5-15-8-14/h6-7,15H,3-5,8H2,1-2H3,(H,16,17). The van der Waals surface area contributed by atoms with Crippen molar-refractivity contribution in [3.05, 3.63) is 23.3 Å². The van der Waals surface area contributed by atoms with Gasteiger partial charge in [0.15, 0.2) is 0 Å². The number of methoxy groups -OCH3 is 1. The van der Waals surface area contributed by atoms with Crippen LogP contribution in [-0.4, -0.2) is 26.1 Å². The maximum atomic E-state index is 12.4. The fourth-order valence-corrected chi connectivity index (χ4v) is 3.10. The second-order valence-electron chi connectivity index (χ2n) is 5.18. The van der Waals surface area contributed by atoms with E-state index in [4.69, 9.17) is 4.74 Å². The van der Waals surface area contributed by atoms with Crippen LogP contribution >= 0.6 is 0 Å². The Morgan fingerprint density at radius 2 is 2.22 bits per heavy atom. The number of rotatable bonds is 1. The maximum absolute atomic E-state index is 12.4. The van der Waals surface area contributed by atoms with E-state index in [9.17, 15) is 4.79 Å². The predicted molar refractivity (Wildman–Crippen MR) is 70.1 cm³/mol. The lowest BCUT2D eigenvalue weighted by molar-refractivity contribution is -0.121. The summed E-state index contributed by atoms with van der Waals surface area (Å²) in [6.07, 6.45) is 1.94. The van der Waals surface area contributed by atoms with Gasteiger partial charge in [0.1, 0.15) is 5.75 Å². The number of hydrogen-bond donors (Lipinski definition) is 2. The minimum Gasteiger partial charge on any atom is -0.497 e. The first-order valence-electron chi connectivity index (χ1n) is 6.39. The molecule has 1 aromatic rings. The first-order chi connectivity index (χ1) is 8.67. The van der Waals surface area contributed by atoms with E-state index in [1.54, 1.807) is 7.11 Å². The number of amides is 1. The van der Waals surface area contributed by atoms with Crippen LogP contribution in [0.2, 0.25) is 0 Å². The molecule has 1 unspecified atom stereocenters. The minimum atomic E-state index is -0.396. The average molecular weight is 246 g/mol. The Balaban J connectivity index is 2.16. The number of fused-ring (bicyclic) bond motifs is 2. The summed E-state index contributed by atoms with van der Waals surface area (Å²) in [5.74, 6) is 0.953. The van der Waals surface area contributed by atoms with Crippen molar-refractivity contribution in [1.82, 2.24) is 5.32 Å². The Labute approximate surface area is 107 Å². The van der Waals surface area contributed by atoms with Crippen LogP contribution in [0.4, 0.5) is 5.69 Å². The van der Waals surface area contributed by atoms with Gasteiger partial charge < -0.3 is 15.4 Å². The molecule has 2 heterocycles. The molecule has 1 atom stereocenters. The zero-order valence-corrected chi connectivity index (χ0v) is 10.8. The van der Waals surface area contributed by atoms with Crippen LogP contribution in [0.3, 0.4) is 0 Å². The van der Waals surface area contributed by atoms with E-state index in [0.29, 0.717) is 0 Å². The molecule has 3 rings (SSSR count). The Hall–Kier alpha value is -1.55. The predicted octanol–water partition coefficient (Wildman–Crippen LogP) is 1.58. The van der Waals surface area contributed by atoms with Crippen molar-refractivity contribution in [3.8, 4) is 5.75 Å². The molecule has 4 nitrogen and oxygen atoms in total. The van der Waals surface area contributed by atoms with Crippen molar-refractivity contribution in [2.45, 2.75) is 25.2 Å². The van der Waals surface area contributed by atoms with Gasteiger partial charge >= 0.3 is 0 Å². The maximum Gasteiger partial charge on any atom is 0.236 e. The third kappa shape index (κ3) is 1.45. The monoisotopic (exact) mass is 246 g/mol. The SMILES string of the molecule is COc1cc(C)c2c(c1)C1(CCCNC1)C(=O)N2. The van der Waals surface area contributed by atoms with Gasteiger partial charge in [-0.05, 0) is 49.6 Å². The number of aryl methyl sites for hydroxylation is 1. The first kappa shape index (κ1) is 11.5. The lowest BCUT2D eigenvalue weighted by atomic mass is 9.75. The van der Waals surface area contributed by atoms with Crippen LogP contribution < -0.4 is 15.4 Å². The Kier molecular flexibility index (Phi) is 2.55. The normalized spacial score (nSPS) is 26.0. The van der Waals surface area contributed by atoms with Crippen LogP contribution in [0, 0.1) is 6.92 Å². The zero-order chi connectivity index (χ0) is 12.8. The van der Waals surface area contributed by atoms with Crippen molar-refractivity contribution in [1.29, 1.82) is 0 Å². The summed E-state index contributed by atoms with van der Waals surface area (Å²) in [5.41, 5.74) is 2.74. The van der Waals surface area contributed by atoms with E-state index in [0.717, 1.165) is 48.5 Å². The number of anilines is 1.